The number of hydrogen-bond acceptors (Lipinski definition) is 4. The summed E-state index contributed by atoms with van der Waals surface area (Å²) in [4.78, 5) is 14.3. The van der Waals surface area contributed by atoms with Gasteiger partial charge >= 0.3 is 0 Å². The lowest BCUT2D eigenvalue weighted by molar-refractivity contribution is -0.121. The third-order valence-electron chi connectivity index (χ3n) is 4.35. The normalized spacial score (nSPS) is 16.0. The molecule has 1 amide bonds. The first-order chi connectivity index (χ1) is 12.1. The van der Waals surface area contributed by atoms with Crippen molar-refractivity contribution in [3.05, 3.63) is 53.1 Å². The lowest BCUT2D eigenvalue weighted by atomic mass is 10.1. The molecule has 1 aliphatic rings. The predicted octanol–water partition coefficient (Wildman–Crippen LogP) is 3.25. The van der Waals surface area contributed by atoms with Gasteiger partial charge in [0.15, 0.2) is 0 Å². The molecular weight excluding hydrogens is 340 g/mol. The number of halogens is 1. The van der Waals surface area contributed by atoms with Crippen LogP contribution in [0.5, 0.6) is 11.5 Å². The van der Waals surface area contributed by atoms with E-state index in [1.54, 1.807) is 13.2 Å². The number of nitrogens with one attached hydrogen (secondary N) is 1. The summed E-state index contributed by atoms with van der Waals surface area (Å²) in [5, 5.41) is 3.60. The maximum Gasteiger partial charge on any atom is 0.222 e. The molecule has 0 radical (unpaired) electrons. The van der Waals surface area contributed by atoms with E-state index in [9.17, 15) is 4.79 Å². The number of ether oxygens (including phenoxy) is 2. The highest BCUT2D eigenvalue weighted by atomic mass is 35.5. The zero-order chi connectivity index (χ0) is 17.8. The number of fused-ring (bicyclic) bond motifs is 1. The molecule has 0 unspecified atom stereocenters. The van der Waals surface area contributed by atoms with E-state index >= 15 is 0 Å². The van der Waals surface area contributed by atoms with Crippen molar-refractivity contribution in [3.63, 3.8) is 0 Å². The van der Waals surface area contributed by atoms with Crippen LogP contribution in [0.25, 0.3) is 0 Å². The highest BCUT2D eigenvalue weighted by Crippen LogP contribution is 2.35. The average Bonchev–Trinajstić information content (AvgIpc) is 2.63. The number of hydrogen-bond donors (Lipinski definition) is 1. The molecule has 0 bridgehead atoms. The summed E-state index contributed by atoms with van der Waals surface area (Å²) in [7, 11) is 3.59. The molecule has 0 aliphatic carbocycles. The fourth-order valence-corrected chi connectivity index (χ4v) is 2.98. The van der Waals surface area contributed by atoms with Crippen molar-refractivity contribution in [1.82, 2.24) is 5.32 Å². The molecule has 3 rings (SSSR count). The average molecular weight is 361 g/mol. The smallest absolute Gasteiger partial charge is 0.222 e. The minimum absolute atomic E-state index is 0.0123. The van der Waals surface area contributed by atoms with Gasteiger partial charge in [-0.1, -0.05) is 23.7 Å². The second-order valence-corrected chi connectivity index (χ2v) is 6.45. The van der Waals surface area contributed by atoms with Gasteiger partial charge in [-0.2, -0.15) is 0 Å². The number of carbonyl (C=O) groups excluding carboxylic acids is 1. The fraction of sp³-hybridized carbons (Fsp3) is 0.316. The van der Waals surface area contributed by atoms with Crippen molar-refractivity contribution in [3.8, 4) is 11.5 Å². The Hall–Kier alpha value is -2.40. The van der Waals surface area contributed by atoms with Gasteiger partial charge in [0, 0.05) is 18.6 Å². The fourth-order valence-electron chi connectivity index (χ4n) is 2.81. The first-order valence-corrected chi connectivity index (χ1v) is 8.49. The van der Waals surface area contributed by atoms with Gasteiger partial charge in [0.25, 0.3) is 0 Å². The third kappa shape index (κ3) is 4.17. The number of likely N-dealkylation sites (N-methyl/N-ethyl adjacent to an activating group) is 1. The van der Waals surface area contributed by atoms with E-state index in [0.717, 1.165) is 22.7 Å². The Bertz CT molecular complexity index is 749. The molecule has 132 valence electrons. The number of methoxy groups -OCH3 is 1. The summed E-state index contributed by atoms with van der Waals surface area (Å²) in [6.07, 6.45) is 0.360. The molecule has 1 N–H and O–H groups in total. The molecule has 0 aromatic heterocycles. The highest BCUT2D eigenvalue weighted by Gasteiger charge is 2.26. The van der Waals surface area contributed by atoms with Gasteiger partial charge in [-0.15, -0.1) is 0 Å². The molecule has 0 saturated heterocycles. The van der Waals surface area contributed by atoms with Gasteiger partial charge in [-0.3, -0.25) is 4.79 Å². The van der Waals surface area contributed by atoms with Crippen molar-refractivity contribution in [1.29, 1.82) is 0 Å². The molecule has 2 aromatic carbocycles. The minimum Gasteiger partial charge on any atom is -0.497 e. The van der Waals surface area contributed by atoms with Gasteiger partial charge in [0.2, 0.25) is 5.91 Å². The molecule has 5 nitrogen and oxygen atoms in total. The monoisotopic (exact) mass is 360 g/mol. The van der Waals surface area contributed by atoms with Crippen LogP contribution in [0.3, 0.4) is 0 Å². The van der Waals surface area contributed by atoms with Crippen LogP contribution in [0.4, 0.5) is 5.69 Å². The molecule has 1 aliphatic heterocycles. The van der Waals surface area contributed by atoms with Crippen LogP contribution in [0, 0.1) is 0 Å². The van der Waals surface area contributed by atoms with Crippen LogP contribution in [-0.4, -0.2) is 32.7 Å². The second-order valence-electron chi connectivity index (χ2n) is 6.02. The van der Waals surface area contributed by atoms with Gasteiger partial charge in [-0.25, -0.2) is 0 Å². The van der Waals surface area contributed by atoms with Gasteiger partial charge in [0.05, 0.1) is 25.3 Å². The maximum absolute atomic E-state index is 12.3. The summed E-state index contributed by atoms with van der Waals surface area (Å²) in [6, 6.07) is 13.1. The Morgan fingerprint density at radius 2 is 2.08 bits per heavy atom. The summed E-state index contributed by atoms with van der Waals surface area (Å²) in [6.45, 7) is 0.962. The molecule has 1 heterocycles. The van der Waals surface area contributed by atoms with Crippen LogP contribution in [0.15, 0.2) is 42.5 Å². The van der Waals surface area contributed by atoms with E-state index in [0.29, 0.717) is 24.6 Å². The first-order valence-electron chi connectivity index (χ1n) is 8.11. The van der Waals surface area contributed by atoms with Crippen molar-refractivity contribution in [2.45, 2.75) is 19.0 Å². The van der Waals surface area contributed by atoms with Crippen LogP contribution >= 0.6 is 11.6 Å². The Kier molecular flexibility index (Phi) is 5.34. The summed E-state index contributed by atoms with van der Waals surface area (Å²) in [5.41, 5.74) is 1.94. The van der Waals surface area contributed by atoms with Crippen LogP contribution < -0.4 is 19.7 Å². The molecule has 2 aromatic rings. The van der Waals surface area contributed by atoms with E-state index in [-0.39, 0.29) is 11.9 Å². The second kappa shape index (κ2) is 7.66. The van der Waals surface area contributed by atoms with E-state index in [2.05, 4.69) is 10.2 Å². The minimum atomic E-state index is -0.0261. The zero-order valence-corrected chi connectivity index (χ0v) is 15.0. The number of rotatable bonds is 5. The highest BCUT2D eigenvalue weighted by molar-refractivity contribution is 6.31. The Balaban J connectivity index is 1.56. The quantitative estimate of drug-likeness (QED) is 0.889. The van der Waals surface area contributed by atoms with Crippen molar-refractivity contribution in [2.75, 3.05) is 25.7 Å². The lowest BCUT2D eigenvalue weighted by Gasteiger charge is -2.35. The molecule has 0 saturated carbocycles. The van der Waals surface area contributed by atoms with E-state index in [1.807, 2.05) is 43.4 Å². The van der Waals surface area contributed by atoms with Gasteiger partial charge in [0.1, 0.15) is 18.1 Å². The number of benzene rings is 2. The number of amides is 1. The number of anilines is 1. The van der Waals surface area contributed by atoms with Gasteiger partial charge in [-0.05, 0) is 35.9 Å². The number of carbonyl (C=O) groups is 1. The Labute approximate surface area is 152 Å². The lowest BCUT2D eigenvalue weighted by Crippen LogP contribution is -2.43. The van der Waals surface area contributed by atoms with E-state index < -0.39 is 0 Å². The van der Waals surface area contributed by atoms with Crippen molar-refractivity contribution >= 4 is 23.2 Å². The van der Waals surface area contributed by atoms with Crippen LogP contribution in [0.1, 0.15) is 12.0 Å². The topological polar surface area (TPSA) is 50.8 Å². The SMILES string of the molecule is COc1ccc(CNC(=O)C[C@@H]2COc3ccc(Cl)cc3N2C)cc1. The molecule has 6 heteroatoms. The summed E-state index contributed by atoms with van der Waals surface area (Å²) < 4.78 is 10.9. The van der Waals surface area contributed by atoms with Crippen molar-refractivity contribution in [2.24, 2.45) is 0 Å². The number of nitrogens with zero attached hydrogens (tertiary/aromatic N) is 1. The summed E-state index contributed by atoms with van der Waals surface area (Å²) in [5.74, 6) is 1.58. The third-order valence-corrected chi connectivity index (χ3v) is 4.58. The molecule has 1 atom stereocenters. The zero-order valence-electron chi connectivity index (χ0n) is 14.3. The first kappa shape index (κ1) is 17.4. The largest absolute Gasteiger partial charge is 0.497 e. The van der Waals surface area contributed by atoms with Crippen LogP contribution in [-0.2, 0) is 11.3 Å². The van der Waals surface area contributed by atoms with E-state index in [4.69, 9.17) is 21.1 Å². The summed E-state index contributed by atoms with van der Waals surface area (Å²) >= 11 is 6.06. The van der Waals surface area contributed by atoms with Crippen LogP contribution in [0.2, 0.25) is 5.02 Å². The maximum atomic E-state index is 12.3. The van der Waals surface area contributed by atoms with Crippen molar-refractivity contribution < 1.29 is 14.3 Å². The Morgan fingerprint density at radius 3 is 2.80 bits per heavy atom. The van der Waals surface area contributed by atoms with E-state index in [1.165, 1.54) is 0 Å². The molecule has 25 heavy (non-hydrogen) atoms. The molecular formula is C19H21ClN2O3. The Morgan fingerprint density at radius 1 is 1.32 bits per heavy atom. The standard InChI is InChI=1S/C19H21ClN2O3/c1-22-15(12-25-18-8-5-14(20)9-17(18)22)10-19(23)21-11-13-3-6-16(24-2)7-4-13/h3-9,15H,10-12H2,1-2H3,(H,21,23)/t15-/m1/s1. The molecule has 0 spiro atoms. The molecule has 0 fully saturated rings. The predicted molar refractivity (Wildman–Crippen MR) is 98.6 cm³/mol. The van der Waals surface area contributed by atoms with Gasteiger partial charge < -0.3 is 19.7 Å².